The lowest BCUT2D eigenvalue weighted by molar-refractivity contribution is 0.0728. The zero-order valence-corrected chi connectivity index (χ0v) is 17.6. The lowest BCUT2D eigenvalue weighted by Crippen LogP contribution is -2.31. The summed E-state index contributed by atoms with van der Waals surface area (Å²) in [5.41, 5.74) is 0.829. The van der Waals surface area contributed by atoms with E-state index in [1.54, 1.807) is 25.2 Å². The van der Waals surface area contributed by atoms with Gasteiger partial charge in [0.05, 0.1) is 35.3 Å². The summed E-state index contributed by atoms with van der Waals surface area (Å²) in [7, 11) is 3.17. The molecule has 1 aliphatic rings. The number of methoxy groups -OCH3 is 2. The first-order valence-electron chi connectivity index (χ1n) is 8.12. The Morgan fingerprint density at radius 3 is 2.52 bits per heavy atom. The molecular formula is C18H16Cl4N2O3. The predicted octanol–water partition coefficient (Wildman–Crippen LogP) is 5.69. The Hall–Kier alpha value is -1.40. The maximum Gasteiger partial charge on any atom is 0.274 e. The molecule has 9 heteroatoms. The molecule has 2 heterocycles. The molecule has 1 unspecified atom stereocenters. The van der Waals surface area contributed by atoms with Crippen molar-refractivity contribution in [2.45, 2.75) is 18.9 Å². The van der Waals surface area contributed by atoms with Crippen LogP contribution >= 0.6 is 46.4 Å². The third kappa shape index (κ3) is 3.79. The van der Waals surface area contributed by atoms with Crippen LogP contribution in [0.1, 0.15) is 34.9 Å². The molecule has 144 valence electrons. The van der Waals surface area contributed by atoms with Gasteiger partial charge in [-0.15, -0.1) is 0 Å². The highest BCUT2D eigenvalue weighted by Crippen LogP contribution is 2.41. The largest absolute Gasteiger partial charge is 0.497 e. The first kappa shape index (κ1) is 20.3. The van der Waals surface area contributed by atoms with Crippen molar-refractivity contribution in [3.8, 4) is 11.5 Å². The van der Waals surface area contributed by atoms with Gasteiger partial charge in [0.2, 0.25) is 0 Å². The number of aromatic nitrogens is 1. The Morgan fingerprint density at radius 1 is 1.11 bits per heavy atom. The van der Waals surface area contributed by atoms with Crippen LogP contribution in [0, 0.1) is 0 Å². The molecular weight excluding hydrogens is 434 g/mol. The molecule has 1 fully saturated rings. The molecule has 1 aromatic carbocycles. The molecule has 27 heavy (non-hydrogen) atoms. The van der Waals surface area contributed by atoms with Gasteiger partial charge in [-0.1, -0.05) is 46.4 Å². The van der Waals surface area contributed by atoms with E-state index in [9.17, 15) is 4.79 Å². The lowest BCUT2D eigenvalue weighted by atomic mass is 10.0. The van der Waals surface area contributed by atoms with Gasteiger partial charge in [0, 0.05) is 12.1 Å². The van der Waals surface area contributed by atoms with Crippen molar-refractivity contribution < 1.29 is 14.3 Å². The molecule has 0 aliphatic carbocycles. The van der Waals surface area contributed by atoms with Crippen molar-refractivity contribution in [1.29, 1.82) is 0 Å². The molecule has 5 nitrogen and oxygen atoms in total. The smallest absolute Gasteiger partial charge is 0.274 e. The molecule has 2 aromatic rings. The van der Waals surface area contributed by atoms with Crippen LogP contribution in [0.25, 0.3) is 0 Å². The average molecular weight is 450 g/mol. The number of hydrogen-bond acceptors (Lipinski definition) is 4. The van der Waals surface area contributed by atoms with E-state index >= 15 is 0 Å². The van der Waals surface area contributed by atoms with E-state index in [1.165, 1.54) is 0 Å². The summed E-state index contributed by atoms with van der Waals surface area (Å²) < 4.78 is 10.8. The molecule has 0 saturated carbocycles. The number of amides is 1. The monoisotopic (exact) mass is 448 g/mol. The van der Waals surface area contributed by atoms with Crippen LogP contribution in [0.5, 0.6) is 11.5 Å². The van der Waals surface area contributed by atoms with Gasteiger partial charge in [0.15, 0.2) is 0 Å². The van der Waals surface area contributed by atoms with Gasteiger partial charge >= 0.3 is 0 Å². The minimum absolute atomic E-state index is 0.0105. The Morgan fingerprint density at radius 2 is 1.85 bits per heavy atom. The fourth-order valence-corrected chi connectivity index (χ4v) is 4.01. The third-order valence-corrected chi connectivity index (χ3v) is 6.17. The molecule has 1 amide bonds. The van der Waals surface area contributed by atoms with E-state index in [0.717, 1.165) is 18.4 Å². The van der Waals surface area contributed by atoms with Gasteiger partial charge in [0.1, 0.15) is 22.3 Å². The van der Waals surface area contributed by atoms with Crippen molar-refractivity contribution in [2.24, 2.45) is 0 Å². The van der Waals surface area contributed by atoms with Crippen LogP contribution in [0.3, 0.4) is 0 Å². The van der Waals surface area contributed by atoms with Gasteiger partial charge in [0.25, 0.3) is 5.91 Å². The zero-order chi connectivity index (χ0) is 19.7. The van der Waals surface area contributed by atoms with E-state index in [0.29, 0.717) is 18.0 Å². The van der Waals surface area contributed by atoms with Crippen LogP contribution in [-0.4, -0.2) is 36.6 Å². The minimum Gasteiger partial charge on any atom is -0.497 e. The molecule has 1 saturated heterocycles. The summed E-state index contributed by atoms with van der Waals surface area (Å²) in [5, 5.41) is -0.0489. The van der Waals surface area contributed by atoms with Crippen LogP contribution in [0.15, 0.2) is 18.2 Å². The number of nitrogens with zero attached hydrogens (tertiary/aromatic N) is 2. The maximum atomic E-state index is 13.2. The fourth-order valence-electron chi connectivity index (χ4n) is 3.20. The number of carbonyl (C=O) groups is 1. The van der Waals surface area contributed by atoms with Crippen LogP contribution < -0.4 is 9.47 Å². The SMILES string of the molecule is COc1ccc(OC)c(C2CCCN2C(=O)c2nc(Cl)c(Cl)c(Cl)c2Cl)c1. The summed E-state index contributed by atoms with van der Waals surface area (Å²) in [6.07, 6.45) is 1.59. The summed E-state index contributed by atoms with van der Waals surface area (Å²) in [5.74, 6) is 0.985. The van der Waals surface area contributed by atoms with Gasteiger partial charge < -0.3 is 14.4 Å². The number of hydrogen-bond donors (Lipinski definition) is 0. The standard InChI is InChI=1S/C18H16Cl4N2O3/c1-26-9-5-6-12(27-2)10(8-9)11-4-3-7-24(11)18(25)16-14(20)13(19)15(21)17(22)23-16/h5-6,8,11H,3-4,7H2,1-2H3. The molecule has 1 aliphatic heterocycles. The van der Waals surface area contributed by atoms with Crippen molar-refractivity contribution in [2.75, 3.05) is 20.8 Å². The molecule has 3 rings (SSSR count). The highest BCUT2D eigenvalue weighted by atomic mass is 35.5. The Balaban J connectivity index is 2.02. The highest BCUT2D eigenvalue weighted by molar-refractivity contribution is 6.52. The van der Waals surface area contributed by atoms with Gasteiger partial charge in [-0.3, -0.25) is 4.79 Å². The zero-order valence-electron chi connectivity index (χ0n) is 14.6. The minimum atomic E-state index is -0.368. The predicted molar refractivity (Wildman–Crippen MR) is 107 cm³/mol. The average Bonchev–Trinajstić information content (AvgIpc) is 3.17. The highest BCUT2D eigenvalue weighted by Gasteiger charge is 2.35. The number of halogens is 4. The molecule has 0 spiro atoms. The van der Waals surface area contributed by atoms with Crippen LogP contribution in [0.2, 0.25) is 20.2 Å². The number of likely N-dealkylation sites (tertiary alicyclic amines) is 1. The van der Waals surface area contributed by atoms with Gasteiger partial charge in [-0.05, 0) is 31.0 Å². The fraction of sp³-hybridized carbons (Fsp3) is 0.333. The second kappa shape index (κ2) is 8.31. The van der Waals surface area contributed by atoms with E-state index in [4.69, 9.17) is 55.9 Å². The first-order valence-corrected chi connectivity index (χ1v) is 9.63. The Kier molecular flexibility index (Phi) is 6.26. The number of ether oxygens (including phenoxy) is 2. The maximum absolute atomic E-state index is 13.2. The number of pyridine rings is 1. The van der Waals surface area contributed by atoms with E-state index in [2.05, 4.69) is 4.98 Å². The van der Waals surface area contributed by atoms with E-state index in [1.807, 2.05) is 12.1 Å². The topological polar surface area (TPSA) is 51.7 Å². The first-order chi connectivity index (χ1) is 12.9. The second-order valence-electron chi connectivity index (χ2n) is 5.96. The van der Waals surface area contributed by atoms with Crippen molar-refractivity contribution in [1.82, 2.24) is 9.88 Å². The summed E-state index contributed by atoms with van der Waals surface area (Å²) in [4.78, 5) is 18.9. The van der Waals surface area contributed by atoms with E-state index in [-0.39, 0.29) is 37.9 Å². The Labute approximate surface area is 177 Å². The third-order valence-electron chi connectivity index (χ3n) is 4.50. The Bertz CT molecular complexity index is 891. The summed E-state index contributed by atoms with van der Waals surface area (Å²) >= 11 is 24.2. The number of rotatable bonds is 4. The van der Waals surface area contributed by atoms with Crippen molar-refractivity contribution in [3.05, 3.63) is 49.7 Å². The lowest BCUT2D eigenvalue weighted by Gasteiger charge is -2.27. The van der Waals surface area contributed by atoms with Gasteiger partial charge in [-0.25, -0.2) is 4.98 Å². The van der Waals surface area contributed by atoms with E-state index < -0.39 is 0 Å². The van der Waals surface area contributed by atoms with Crippen LogP contribution in [-0.2, 0) is 0 Å². The summed E-state index contributed by atoms with van der Waals surface area (Å²) in [6, 6.07) is 5.27. The van der Waals surface area contributed by atoms with Gasteiger partial charge in [-0.2, -0.15) is 0 Å². The van der Waals surface area contributed by atoms with Crippen molar-refractivity contribution >= 4 is 52.3 Å². The summed E-state index contributed by atoms with van der Waals surface area (Å²) in [6.45, 7) is 0.541. The second-order valence-corrected chi connectivity index (χ2v) is 7.45. The number of carbonyl (C=O) groups excluding carboxylic acids is 1. The molecule has 1 atom stereocenters. The molecule has 0 N–H and O–H groups in total. The van der Waals surface area contributed by atoms with Crippen LogP contribution in [0.4, 0.5) is 0 Å². The molecule has 1 aromatic heterocycles. The number of benzene rings is 1. The van der Waals surface area contributed by atoms with Crippen molar-refractivity contribution in [3.63, 3.8) is 0 Å². The normalized spacial score (nSPS) is 16.5. The molecule has 0 radical (unpaired) electrons. The quantitative estimate of drug-likeness (QED) is 0.562. The molecule has 0 bridgehead atoms.